The van der Waals surface area contributed by atoms with Gasteiger partial charge in [-0.2, -0.15) is 0 Å². The molecule has 2 aromatic rings. The van der Waals surface area contributed by atoms with E-state index in [2.05, 4.69) is 5.32 Å². The number of ether oxygens (including phenoxy) is 2. The van der Waals surface area contributed by atoms with E-state index in [1.165, 1.54) is 48.5 Å². The van der Waals surface area contributed by atoms with Crippen molar-refractivity contribution < 1.29 is 32.3 Å². The van der Waals surface area contributed by atoms with E-state index >= 15 is 0 Å². The molecule has 1 aliphatic rings. The van der Waals surface area contributed by atoms with Crippen LogP contribution in [0.5, 0.6) is 5.75 Å². The third kappa shape index (κ3) is 6.99. The number of halogens is 2. The molecule has 0 atom stereocenters. The molecular weight excluding hydrogens is 531 g/mol. The Morgan fingerprint density at radius 2 is 1.72 bits per heavy atom. The van der Waals surface area contributed by atoms with Gasteiger partial charge in [0.25, 0.3) is 15.9 Å². The molecule has 0 bridgehead atoms. The normalized spacial score (nSPS) is 15.9. The quantitative estimate of drug-likeness (QED) is 0.429. The summed E-state index contributed by atoms with van der Waals surface area (Å²) in [4.78, 5) is 37.5. The lowest BCUT2D eigenvalue weighted by atomic mass is 10.1. The molecule has 12 heteroatoms. The molecule has 0 aliphatic carbocycles. The van der Waals surface area contributed by atoms with Gasteiger partial charge in [-0.25, -0.2) is 17.5 Å². The number of esters is 1. The lowest BCUT2D eigenvalue weighted by molar-refractivity contribution is -0.157. The van der Waals surface area contributed by atoms with Gasteiger partial charge in [0.15, 0.2) is 6.61 Å². The maximum absolute atomic E-state index is 13.3. The standard InChI is InChI=1S/C24H24Cl2N2O7S/c1-24(2,3)35-22(30)14-34-20-9-6-18(26)11-15(20)10-16-12-27-21(29)13-28(23(16)31)36(32,33)19-7-4-17(25)5-8-19/h4-11H,12-14H2,1-3H3,(H,27,29)/b16-10+. The Bertz CT molecular complexity index is 1320. The van der Waals surface area contributed by atoms with Crippen LogP contribution < -0.4 is 10.1 Å². The summed E-state index contributed by atoms with van der Waals surface area (Å²) in [5.74, 6) is -1.96. The SMILES string of the molecule is CC(C)(C)OC(=O)COc1ccc(Cl)cc1/C=C1\CNC(=O)CN(S(=O)(=O)c2ccc(Cl)cc2)C1=O. The van der Waals surface area contributed by atoms with Gasteiger partial charge in [0.2, 0.25) is 5.91 Å². The van der Waals surface area contributed by atoms with Crippen molar-refractivity contribution in [2.45, 2.75) is 31.3 Å². The molecule has 1 saturated heterocycles. The monoisotopic (exact) mass is 554 g/mol. The Labute approximate surface area is 219 Å². The number of amides is 2. The fraction of sp³-hybridized carbons (Fsp3) is 0.292. The van der Waals surface area contributed by atoms with Crippen molar-refractivity contribution in [1.29, 1.82) is 0 Å². The van der Waals surface area contributed by atoms with Crippen LogP contribution in [0, 0.1) is 0 Å². The first-order valence-electron chi connectivity index (χ1n) is 10.7. The summed E-state index contributed by atoms with van der Waals surface area (Å²) < 4.78 is 37.7. The van der Waals surface area contributed by atoms with Gasteiger partial charge >= 0.3 is 5.97 Å². The average Bonchev–Trinajstić information content (AvgIpc) is 2.91. The highest BCUT2D eigenvalue weighted by Crippen LogP contribution is 2.28. The molecule has 0 saturated carbocycles. The summed E-state index contributed by atoms with van der Waals surface area (Å²) in [6, 6.07) is 9.75. The number of hydrogen-bond acceptors (Lipinski definition) is 7. The molecule has 1 N–H and O–H groups in total. The van der Waals surface area contributed by atoms with Crippen LogP contribution in [0.15, 0.2) is 52.9 Å². The van der Waals surface area contributed by atoms with Crippen LogP contribution >= 0.6 is 23.2 Å². The molecule has 0 aromatic heterocycles. The number of carbonyl (C=O) groups is 3. The van der Waals surface area contributed by atoms with Crippen molar-refractivity contribution in [3.05, 3.63) is 63.6 Å². The van der Waals surface area contributed by atoms with Crippen LogP contribution in [0.3, 0.4) is 0 Å². The van der Waals surface area contributed by atoms with Gasteiger partial charge in [0.1, 0.15) is 17.9 Å². The number of rotatable bonds is 6. The number of carbonyl (C=O) groups excluding carboxylic acids is 3. The predicted molar refractivity (Wildman–Crippen MR) is 134 cm³/mol. The number of benzene rings is 2. The van der Waals surface area contributed by atoms with Crippen LogP contribution in [0.2, 0.25) is 10.0 Å². The van der Waals surface area contributed by atoms with E-state index in [-0.39, 0.29) is 22.8 Å². The van der Waals surface area contributed by atoms with Gasteiger partial charge in [0, 0.05) is 27.7 Å². The minimum absolute atomic E-state index is 0.0391. The van der Waals surface area contributed by atoms with Crippen LogP contribution in [-0.4, -0.2) is 55.8 Å². The van der Waals surface area contributed by atoms with Gasteiger partial charge in [-0.05, 0) is 69.3 Å². The van der Waals surface area contributed by atoms with Crippen molar-refractivity contribution in [3.63, 3.8) is 0 Å². The third-order valence-electron chi connectivity index (χ3n) is 4.73. The summed E-state index contributed by atoms with van der Waals surface area (Å²) >= 11 is 12.0. The number of nitrogens with one attached hydrogen (secondary N) is 1. The van der Waals surface area contributed by atoms with E-state index in [4.69, 9.17) is 32.7 Å². The van der Waals surface area contributed by atoms with Crippen molar-refractivity contribution in [3.8, 4) is 5.75 Å². The molecule has 36 heavy (non-hydrogen) atoms. The lowest BCUT2D eigenvalue weighted by Gasteiger charge is -2.20. The van der Waals surface area contributed by atoms with Crippen LogP contribution in [0.1, 0.15) is 26.3 Å². The zero-order valence-electron chi connectivity index (χ0n) is 19.7. The van der Waals surface area contributed by atoms with E-state index in [9.17, 15) is 22.8 Å². The van der Waals surface area contributed by atoms with Gasteiger partial charge in [-0.3, -0.25) is 9.59 Å². The summed E-state index contributed by atoms with van der Waals surface area (Å²) in [7, 11) is -4.36. The second kappa shape index (κ2) is 10.9. The molecular formula is C24H24Cl2N2O7S. The number of sulfonamides is 1. The van der Waals surface area contributed by atoms with E-state index < -0.39 is 46.6 Å². The summed E-state index contributed by atoms with van der Waals surface area (Å²) in [5.41, 5.74) is -0.438. The molecule has 1 heterocycles. The first-order chi connectivity index (χ1) is 16.8. The summed E-state index contributed by atoms with van der Waals surface area (Å²) in [6.07, 6.45) is 1.36. The number of nitrogens with zero attached hydrogens (tertiary/aromatic N) is 1. The van der Waals surface area contributed by atoms with Crippen molar-refractivity contribution in [2.24, 2.45) is 0 Å². The van der Waals surface area contributed by atoms with Gasteiger partial charge in [0.05, 0.1) is 4.90 Å². The summed E-state index contributed by atoms with van der Waals surface area (Å²) in [6.45, 7) is 3.83. The lowest BCUT2D eigenvalue weighted by Crippen LogP contribution is -2.40. The average molecular weight is 555 g/mol. The largest absolute Gasteiger partial charge is 0.481 e. The van der Waals surface area contributed by atoms with Crippen LogP contribution in [0.4, 0.5) is 0 Å². The highest BCUT2D eigenvalue weighted by molar-refractivity contribution is 7.89. The van der Waals surface area contributed by atoms with Crippen LogP contribution in [-0.2, 0) is 29.1 Å². The Balaban J connectivity index is 1.95. The van der Waals surface area contributed by atoms with Crippen molar-refractivity contribution in [2.75, 3.05) is 19.7 Å². The van der Waals surface area contributed by atoms with Gasteiger partial charge < -0.3 is 14.8 Å². The van der Waals surface area contributed by atoms with Crippen molar-refractivity contribution >= 4 is 57.1 Å². The van der Waals surface area contributed by atoms with E-state index in [0.29, 0.717) is 19.9 Å². The molecule has 0 spiro atoms. The Morgan fingerprint density at radius 3 is 2.36 bits per heavy atom. The Hall–Kier alpha value is -3.08. The topological polar surface area (TPSA) is 119 Å². The van der Waals surface area contributed by atoms with Crippen LogP contribution in [0.25, 0.3) is 6.08 Å². The minimum Gasteiger partial charge on any atom is -0.481 e. The van der Waals surface area contributed by atoms with E-state index in [1.54, 1.807) is 20.8 Å². The first kappa shape index (κ1) is 27.5. The molecule has 192 valence electrons. The highest BCUT2D eigenvalue weighted by Gasteiger charge is 2.35. The minimum atomic E-state index is -4.36. The zero-order valence-corrected chi connectivity index (χ0v) is 22.0. The molecule has 1 fully saturated rings. The predicted octanol–water partition coefficient (Wildman–Crippen LogP) is 3.44. The summed E-state index contributed by atoms with van der Waals surface area (Å²) in [5, 5.41) is 3.14. The molecule has 1 aliphatic heterocycles. The fourth-order valence-electron chi connectivity index (χ4n) is 3.19. The highest BCUT2D eigenvalue weighted by atomic mass is 35.5. The molecule has 3 rings (SSSR count). The molecule has 9 nitrogen and oxygen atoms in total. The molecule has 2 amide bonds. The second-order valence-electron chi connectivity index (χ2n) is 8.77. The number of hydrogen-bond donors (Lipinski definition) is 1. The maximum atomic E-state index is 13.3. The Kier molecular flexibility index (Phi) is 8.33. The first-order valence-corrected chi connectivity index (χ1v) is 12.9. The molecule has 0 unspecified atom stereocenters. The van der Waals surface area contributed by atoms with E-state index in [1.807, 2.05) is 0 Å². The van der Waals surface area contributed by atoms with Gasteiger partial charge in [-0.1, -0.05) is 23.2 Å². The fourth-order valence-corrected chi connectivity index (χ4v) is 4.85. The van der Waals surface area contributed by atoms with E-state index in [0.717, 1.165) is 0 Å². The smallest absolute Gasteiger partial charge is 0.344 e. The van der Waals surface area contributed by atoms with Gasteiger partial charge in [-0.15, -0.1) is 0 Å². The third-order valence-corrected chi connectivity index (χ3v) is 6.96. The maximum Gasteiger partial charge on any atom is 0.344 e. The van der Waals surface area contributed by atoms with Crippen molar-refractivity contribution in [1.82, 2.24) is 9.62 Å². The molecule has 0 radical (unpaired) electrons. The molecule has 2 aromatic carbocycles. The zero-order chi connectivity index (χ0) is 26.7. The Morgan fingerprint density at radius 1 is 1.08 bits per heavy atom. The second-order valence-corrected chi connectivity index (χ2v) is 11.5.